The largest absolute Gasteiger partial charge is 0.356 e. The summed E-state index contributed by atoms with van der Waals surface area (Å²) in [4.78, 5) is 6.01. The highest BCUT2D eigenvalue weighted by Crippen LogP contribution is 2.29. The minimum atomic E-state index is 1.02. The molecule has 2 heterocycles. The van der Waals surface area contributed by atoms with Gasteiger partial charge in [-0.1, -0.05) is 12.1 Å². The zero-order chi connectivity index (χ0) is 12.5. The lowest BCUT2D eigenvalue weighted by molar-refractivity contribution is 0.615. The van der Waals surface area contributed by atoms with E-state index in [2.05, 4.69) is 47.3 Å². The number of nitrogens with one attached hydrogen (secondary N) is 1. The van der Waals surface area contributed by atoms with Gasteiger partial charge >= 0.3 is 0 Å². The summed E-state index contributed by atoms with van der Waals surface area (Å²) in [5.74, 6) is 1.02. The lowest BCUT2D eigenvalue weighted by atomic mass is 10.1. The maximum absolute atomic E-state index is 4.72. The number of anilines is 1. The van der Waals surface area contributed by atoms with Gasteiger partial charge in [-0.3, -0.25) is 0 Å². The fraction of sp³-hybridized carbons (Fsp3) is 0.357. The Balaban J connectivity index is 2.02. The van der Waals surface area contributed by atoms with Gasteiger partial charge in [-0.05, 0) is 31.7 Å². The van der Waals surface area contributed by atoms with Gasteiger partial charge in [-0.25, -0.2) is 4.98 Å². The molecule has 1 N–H and O–H groups in total. The van der Waals surface area contributed by atoms with Crippen LogP contribution in [-0.4, -0.2) is 22.4 Å². The molecule has 0 unspecified atom stereocenters. The first kappa shape index (κ1) is 11.7. The van der Waals surface area contributed by atoms with E-state index in [0.717, 1.165) is 24.7 Å². The maximum Gasteiger partial charge on any atom is 0.203 e. The molecule has 18 heavy (non-hydrogen) atoms. The standard InChI is InChI=1S/C14H17N3S/c1-10-13(11-4-6-12(18-2)7-5-11)16-14-15-8-3-9-17(10)14/h4-7H,3,8-9H2,1-2H3,(H,15,16). The van der Waals surface area contributed by atoms with Crippen molar-refractivity contribution in [2.45, 2.75) is 24.8 Å². The highest BCUT2D eigenvalue weighted by atomic mass is 32.2. The Hall–Kier alpha value is -1.42. The van der Waals surface area contributed by atoms with Gasteiger partial charge in [0.25, 0.3) is 0 Å². The van der Waals surface area contributed by atoms with Gasteiger partial charge < -0.3 is 9.88 Å². The van der Waals surface area contributed by atoms with E-state index in [1.807, 2.05) is 0 Å². The third kappa shape index (κ3) is 1.90. The van der Waals surface area contributed by atoms with Crippen molar-refractivity contribution in [1.29, 1.82) is 0 Å². The number of imidazole rings is 1. The molecule has 3 nitrogen and oxygen atoms in total. The van der Waals surface area contributed by atoms with Crippen molar-refractivity contribution < 1.29 is 0 Å². The fourth-order valence-corrected chi connectivity index (χ4v) is 2.81. The number of nitrogens with zero attached hydrogens (tertiary/aromatic N) is 2. The Morgan fingerprint density at radius 1 is 1.28 bits per heavy atom. The number of hydrogen-bond acceptors (Lipinski definition) is 3. The molecule has 1 aliphatic rings. The molecule has 1 aromatic carbocycles. The van der Waals surface area contributed by atoms with Gasteiger partial charge in [-0.15, -0.1) is 11.8 Å². The van der Waals surface area contributed by atoms with Crippen molar-refractivity contribution >= 4 is 17.7 Å². The van der Waals surface area contributed by atoms with Crippen molar-refractivity contribution in [3.8, 4) is 11.3 Å². The third-order valence-corrected chi connectivity index (χ3v) is 4.17. The summed E-state index contributed by atoms with van der Waals surface area (Å²) >= 11 is 1.77. The summed E-state index contributed by atoms with van der Waals surface area (Å²) < 4.78 is 2.28. The number of hydrogen-bond donors (Lipinski definition) is 1. The van der Waals surface area contributed by atoms with Crippen LogP contribution in [0.5, 0.6) is 0 Å². The summed E-state index contributed by atoms with van der Waals surface area (Å²) in [6.45, 7) is 4.26. The van der Waals surface area contributed by atoms with Crippen LogP contribution in [0, 0.1) is 6.92 Å². The van der Waals surface area contributed by atoms with E-state index in [9.17, 15) is 0 Å². The van der Waals surface area contributed by atoms with E-state index in [4.69, 9.17) is 4.98 Å². The molecular formula is C14H17N3S. The molecule has 0 bridgehead atoms. The van der Waals surface area contributed by atoms with Gasteiger partial charge in [0, 0.05) is 29.2 Å². The zero-order valence-corrected chi connectivity index (χ0v) is 11.5. The average molecular weight is 259 g/mol. The summed E-state index contributed by atoms with van der Waals surface area (Å²) in [7, 11) is 0. The van der Waals surface area contributed by atoms with Crippen molar-refractivity contribution in [3.05, 3.63) is 30.0 Å². The Morgan fingerprint density at radius 3 is 2.72 bits per heavy atom. The molecule has 3 rings (SSSR count). The van der Waals surface area contributed by atoms with E-state index in [0.29, 0.717) is 0 Å². The van der Waals surface area contributed by atoms with Crippen LogP contribution in [0.25, 0.3) is 11.3 Å². The summed E-state index contributed by atoms with van der Waals surface area (Å²) in [5.41, 5.74) is 3.56. The number of aromatic nitrogens is 2. The smallest absolute Gasteiger partial charge is 0.203 e. The molecular weight excluding hydrogens is 242 g/mol. The van der Waals surface area contributed by atoms with Crippen LogP contribution in [0.3, 0.4) is 0 Å². The summed E-state index contributed by atoms with van der Waals surface area (Å²) in [6.07, 6.45) is 3.27. The van der Waals surface area contributed by atoms with Crippen LogP contribution in [0.1, 0.15) is 12.1 Å². The second-order valence-electron chi connectivity index (χ2n) is 4.53. The monoisotopic (exact) mass is 259 g/mol. The van der Waals surface area contributed by atoms with Crippen LogP contribution >= 0.6 is 11.8 Å². The van der Waals surface area contributed by atoms with Crippen LogP contribution in [-0.2, 0) is 6.54 Å². The first-order valence-corrected chi connectivity index (χ1v) is 7.47. The van der Waals surface area contributed by atoms with Gasteiger partial charge in [0.1, 0.15) is 0 Å². The van der Waals surface area contributed by atoms with Gasteiger partial charge in [0.05, 0.1) is 5.69 Å². The average Bonchev–Trinajstić information content (AvgIpc) is 2.77. The Labute approximate surface area is 112 Å². The van der Waals surface area contributed by atoms with Crippen molar-refractivity contribution in [2.24, 2.45) is 0 Å². The molecule has 94 valence electrons. The predicted molar refractivity (Wildman–Crippen MR) is 77.3 cm³/mol. The number of fused-ring (bicyclic) bond motifs is 1. The molecule has 1 aromatic heterocycles. The molecule has 0 saturated heterocycles. The first-order chi connectivity index (χ1) is 8.79. The highest BCUT2D eigenvalue weighted by molar-refractivity contribution is 7.98. The van der Waals surface area contributed by atoms with E-state index >= 15 is 0 Å². The Kier molecular flexibility index (Phi) is 3.04. The maximum atomic E-state index is 4.72. The molecule has 0 amide bonds. The second kappa shape index (κ2) is 4.69. The van der Waals surface area contributed by atoms with Crippen LogP contribution in [0.15, 0.2) is 29.2 Å². The zero-order valence-electron chi connectivity index (χ0n) is 10.7. The molecule has 0 spiro atoms. The minimum absolute atomic E-state index is 1.02. The molecule has 4 heteroatoms. The second-order valence-corrected chi connectivity index (χ2v) is 5.41. The fourth-order valence-electron chi connectivity index (χ4n) is 2.40. The van der Waals surface area contributed by atoms with E-state index < -0.39 is 0 Å². The summed E-state index contributed by atoms with van der Waals surface area (Å²) in [5, 5.41) is 3.36. The lowest BCUT2D eigenvalue weighted by Crippen LogP contribution is -2.17. The quantitative estimate of drug-likeness (QED) is 0.838. The van der Waals surface area contributed by atoms with Crippen LogP contribution in [0.4, 0.5) is 5.95 Å². The van der Waals surface area contributed by atoms with Gasteiger partial charge in [0.15, 0.2) is 0 Å². The van der Waals surface area contributed by atoms with Crippen molar-refractivity contribution in [3.63, 3.8) is 0 Å². The molecule has 2 aromatic rings. The number of thioether (sulfide) groups is 1. The third-order valence-electron chi connectivity index (χ3n) is 3.43. The summed E-state index contributed by atoms with van der Waals surface area (Å²) in [6, 6.07) is 8.64. The predicted octanol–water partition coefficient (Wildman–Crippen LogP) is 3.40. The minimum Gasteiger partial charge on any atom is -0.356 e. The Bertz CT molecular complexity index is 557. The number of rotatable bonds is 2. The van der Waals surface area contributed by atoms with Crippen molar-refractivity contribution in [2.75, 3.05) is 18.1 Å². The van der Waals surface area contributed by atoms with E-state index in [1.54, 1.807) is 11.8 Å². The van der Waals surface area contributed by atoms with Crippen LogP contribution in [0.2, 0.25) is 0 Å². The molecule has 0 radical (unpaired) electrons. The van der Waals surface area contributed by atoms with Gasteiger partial charge in [0.2, 0.25) is 5.95 Å². The van der Waals surface area contributed by atoms with E-state index in [1.165, 1.54) is 22.6 Å². The number of benzene rings is 1. The molecule has 0 aliphatic carbocycles. The SMILES string of the molecule is CSc1ccc(-c2nc3n(c2C)CCCN3)cc1. The van der Waals surface area contributed by atoms with Crippen molar-refractivity contribution in [1.82, 2.24) is 9.55 Å². The van der Waals surface area contributed by atoms with Crippen LogP contribution < -0.4 is 5.32 Å². The topological polar surface area (TPSA) is 29.9 Å². The first-order valence-electron chi connectivity index (χ1n) is 6.25. The molecule has 0 atom stereocenters. The molecule has 0 saturated carbocycles. The lowest BCUT2D eigenvalue weighted by Gasteiger charge is -2.16. The Morgan fingerprint density at radius 2 is 2.06 bits per heavy atom. The molecule has 0 fully saturated rings. The normalized spacial score (nSPS) is 14.1. The van der Waals surface area contributed by atoms with Gasteiger partial charge in [-0.2, -0.15) is 0 Å². The van der Waals surface area contributed by atoms with E-state index in [-0.39, 0.29) is 0 Å². The molecule has 1 aliphatic heterocycles. The highest BCUT2D eigenvalue weighted by Gasteiger charge is 2.17.